The van der Waals surface area contributed by atoms with Crippen molar-refractivity contribution in [3.05, 3.63) is 60.8 Å². The fourth-order valence-electron chi connectivity index (χ4n) is 8.66. The van der Waals surface area contributed by atoms with Crippen molar-refractivity contribution >= 4 is 17.9 Å². The van der Waals surface area contributed by atoms with E-state index in [1.165, 1.54) is 186 Å². The monoisotopic (exact) mass is 979 g/mol. The summed E-state index contributed by atoms with van der Waals surface area (Å²) in [4.78, 5) is 37.9. The first-order chi connectivity index (χ1) is 34.5. The molecule has 1 atom stereocenters. The minimum absolute atomic E-state index is 0.0764. The zero-order chi connectivity index (χ0) is 50.7. The molecule has 6 nitrogen and oxygen atoms in total. The molecule has 0 bridgehead atoms. The van der Waals surface area contributed by atoms with Crippen LogP contribution in [-0.2, 0) is 28.6 Å². The fraction of sp³-hybridized carbons (Fsp3) is 0.797. The number of hydrogen-bond acceptors (Lipinski definition) is 6. The van der Waals surface area contributed by atoms with Gasteiger partial charge in [-0.05, 0) is 89.9 Å². The quantitative estimate of drug-likeness (QED) is 0.0261. The molecule has 0 amide bonds. The predicted molar refractivity (Wildman–Crippen MR) is 302 cm³/mol. The van der Waals surface area contributed by atoms with Crippen molar-refractivity contribution in [2.24, 2.45) is 0 Å². The maximum absolute atomic E-state index is 12.8. The van der Waals surface area contributed by atoms with Crippen LogP contribution in [0.1, 0.15) is 310 Å². The van der Waals surface area contributed by atoms with Crippen LogP contribution in [0.15, 0.2) is 60.8 Å². The molecule has 0 aliphatic carbocycles. The van der Waals surface area contributed by atoms with Crippen LogP contribution in [0, 0.1) is 0 Å². The average Bonchev–Trinajstić information content (AvgIpc) is 3.36. The van der Waals surface area contributed by atoms with E-state index in [2.05, 4.69) is 81.5 Å². The Balaban J connectivity index is 4.13. The van der Waals surface area contributed by atoms with Crippen LogP contribution in [0.4, 0.5) is 0 Å². The van der Waals surface area contributed by atoms with E-state index in [0.29, 0.717) is 19.3 Å². The third-order valence-corrected chi connectivity index (χ3v) is 13.2. The molecule has 70 heavy (non-hydrogen) atoms. The molecule has 0 radical (unpaired) electrons. The smallest absolute Gasteiger partial charge is 0.306 e. The van der Waals surface area contributed by atoms with Crippen molar-refractivity contribution < 1.29 is 28.6 Å². The van der Waals surface area contributed by atoms with E-state index in [1.54, 1.807) is 0 Å². The van der Waals surface area contributed by atoms with Gasteiger partial charge >= 0.3 is 17.9 Å². The Kier molecular flexibility index (Phi) is 56.3. The van der Waals surface area contributed by atoms with Gasteiger partial charge in [-0.2, -0.15) is 0 Å². The van der Waals surface area contributed by atoms with Crippen molar-refractivity contribution in [3.8, 4) is 0 Å². The van der Waals surface area contributed by atoms with E-state index in [1.807, 2.05) is 0 Å². The van der Waals surface area contributed by atoms with Gasteiger partial charge < -0.3 is 14.2 Å². The first-order valence-electron chi connectivity index (χ1n) is 30.3. The highest BCUT2D eigenvalue weighted by atomic mass is 16.6. The maximum Gasteiger partial charge on any atom is 0.306 e. The second kappa shape index (κ2) is 58.7. The summed E-state index contributed by atoms with van der Waals surface area (Å²) < 4.78 is 16.8. The van der Waals surface area contributed by atoms with E-state index in [0.717, 1.165) is 83.5 Å². The number of allylic oxidation sites excluding steroid dienone is 10. The minimum atomic E-state index is -0.775. The highest BCUT2D eigenvalue weighted by molar-refractivity contribution is 5.71. The van der Waals surface area contributed by atoms with Crippen LogP contribution in [0.25, 0.3) is 0 Å². The summed E-state index contributed by atoms with van der Waals surface area (Å²) in [6.45, 7) is 6.58. The highest BCUT2D eigenvalue weighted by Gasteiger charge is 2.19. The van der Waals surface area contributed by atoms with Gasteiger partial charge in [-0.3, -0.25) is 14.4 Å². The van der Waals surface area contributed by atoms with Crippen LogP contribution < -0.4 is 0 Å². The summed E-state index contributed by atoms with van der Waals surface area (Å²) in [6.07, 6.45) is 73.9. The highest BCUT2D eigenvalue weighted by Crippen LogP contribution is 2.16. The molecule has 0 saturated carbocycles. The molecule has 0 heterocycles. The van der Waals surface area contributed by atoms with Crippen LogP contribution in [0.5, 0.6) is 0 Å². The SMILES string of the molecule is CCCCCCC/C=C\C/C=C\C/C=C\CCCCCCCCCCC(=O)OCC(COC(=O)CCCCCCCC)OC(=O)CCCCCCCCCCCCC/C=C\C/C=C\CCCCCCC. The molecular weight excluding hydrogens is 865 g/mol. The Hall–Kier alpha value is -2.89. The molecule has 406 valence electrons. The van der Waals surface area contributed by atoms with Crippen molar-refractivity contribution in [2.75, 3.05) is 13.2 Å². The molecule has 0 rings (SSSR count). The number of rotatable bonds is 55. The van der Waals surface area contributed by atoms with Gasteiger partial charge in [0.15, 0.2) is 6.10 Å². The molecule has 0 aromatic rings. The standard InChI is InChI=1S/C64H114O6/c1-4-7-10-13-16-18-20-22-24-26-28-30-32-34-36-38-40-42-44-46-48-51-54-57-63(66)69-60-61(59-68-62(65)56-53-50-15-12-9-6-3)70-64(67)58-55-52-49-47-45-43-41-39-37-35-33-31-29-27-25-23-21-19-17-14-11-8-5-2/h20-23,26-29,32,34,61H,4-19,24-25,30-31,33,35-60H2,1-3H3/b22-20-,23-21-,28-26-,29-27-,34-32-. The van der Waals surface area contributed by atoms with E-state index in [9.17, 15) is 14.4 Å². The first-order valence-corrected chi connectivity index (χ1v) is 30.3. The second-order valence-electron chi connectivity index (χ2n) is 20.3. The molecule has 0 spiro atoms. The number of carbonyl (C=O) groups excluding carboxylic acids is 3. The molecule has 0 aliphatic rings. The Labute approximate surface area is 434 Å². The summed E-state index contributed by atoms with van der Waals surface area (Å²) in [6, 6.07) is 0. The topological polar surface area (TPSA) is 78.9 Å². The number of unbranched alkanes of at least 4 members (excludes halogenated alkanes) is 34. The molecule has 0 aliphatic heterocycles. The lowest BCUT2D eigenvalue weighted by Gasteiger charge is -2.18. The molecular formula is C64H114O6. The zero-order valence-corrected chi connectivity index (χ0v) is 46.5. The van der Waals surface area contributed by atoms with Crippen molar-refractivity contribution in [2.45, 2.75) is 316 Å². The third kappa shape index (κ3) is 56.0. The van der Waals surface area contributed by atoms with Crippen LogP contribution in [0.2, 0.25) is 0 Å². The number of hydrogen-bond donors (Lipinski definition) is 0. The van der Waals surface area contributed by atoms with Gasteiger partial charge in [-0.15, -0.1) is 0 Å². The molecule has 0 saturated heterocycles. The van der Waals surface area contributed by atoms with Gasteiger partial charge in [0.05, 0.1) is 0 Å². The van der Waals surface area contributed by atoms with Crippen LogP contribution in [-0.4, -0.2) is 37.2 Å². The lowest BCUT2D eigenvalue weighted by atomic mass is 10.0. The number of esters is 3. The maximum atomic E-state index is 12.8. The van der Waals surface area contributed by atoms with E-state index < -0.39 is 6.10 Å². The normalized spacial score (nSPS) is 12.4. The lowest BCUT2D eigenvalue weighted by molar-refractivity contribution is -0.167. The van der Waals surface area contributed by atoms with E-state index >= 15 is 0 Å². The van der Waals surface area contributed by atoms with Crippen molar-refractivity contribution in [1.29, 1.82) is 0 Å². The van der Waals surface area contributed by atoms with Gasteiger partial charge in [-0.1, -0.05) is 261 Å². The van der Waals surface area contributed by atoms with Gasteiger partial charge in [-0.25, -0.2) is 0 Å². The number of carbonyl (C=O) groups is 3. The minimum Gasteiger partial charge on any atom is -0.462 e. The summed E-state index contributed by atoms with van der Waals surface area (Å²) in [7, 11) is 0. The second-order valence-corrected chi connectivity index (χ2v) is 20.3. The molecule has 0 aromatic carbocycles. The van der Waals surface area contributed by atoms with Gasteiger partial charge in [0, 0.05) is 19.3 Å². The van der Waals surface area contributed by atoms with Gasteiger partial charge in [0.1, 0.15) is 13.2 Å². The largest absolute Gasteiger partial charge is 0.462 e. The fourth-order valence-corrected chi connectivity index (χ4v) is 8.66. The van der Waals surface area contributed by atoms with Crippen LogP contribution >= 0.6 is 0 Å². The van der Waals surface area contributed by atoms with Gasteiger partial charge in [0.2, 0.25) is 0 Å². The summed E-state index contributed by atoms with van der Waals surface area (Å²) >= 11 is 0. The summed E-state index contributed by atoms with van der Waals surface area (Å²) in [5.74, 6) is -0.884. The third-order valence-electron chi connectivity index (χ3n) is 13.2. The van der Waals surface area contributed by atoms with E-state index in [4.69, 9.17) is 14.2 Å². The number of ether oxygens (including phenoxy) is 3. The molecule has 1 unspecified atom stereocenters. The Morgan fingerprint density at radius 2 is 0.514 bits per heavy atom. The Morgan fingerprint density at radius 1 is 0.286 bits per heavy atom. The predicted octanol–water partition coefficient (Wildman–Crippen LogP) is 20.4. The van der Waals surface area contributed by atoms with Crippen molar-refractivity contribution in [1.82, 2.24) is 0 Å². The molecule has 6 heteroatoms. The summed E-state index contributed by atoms with van der Waals surface area (Å²) in [5.41, 5.74) is 0. The molecule has 0 fully saturated rings. The summed E-state index contributed by atoms with van der Waals surface area (Å²) in [5, 5.41) is 0. The van der Waals surface area contributed by atoms with Crippen LogP contribution in [0.3, 0.4) is 0 Å². The van der Waals surface area contributed by atoms with E-state index in [-0.39, 0.29) is 31.1 Å². The zero-order valence-electron chi connectivity index (χ0n) is 46.5. The van der Waals surface area contributed by atoms with Gasteiger partial charge in [0.25, 0.3) is 0 Å². The van der Waals surface area contributed by atoms with Crippen molar-refractivity contribution in [3.63, 3.8) is 0 Å². The lowest BCUT2D eigenvalue weighted by Crippen LogP contribution is -2.30. The first kappa shape index (κ1) is 67.1. The Morgan fingerprint density at radius 3 is 0.800 bits per heavy atom. The Bertz CT molecular complexity index is 1260. The average molecular weight is 980 g/mol. The molecule has 0 N–H and O–H groups in total. The molecule has 0 aromatic heterocycles.